The molecule has 2 aliphatic rings. The minimum atomic E-state index is 0.0748. The lowest BCUT2D eigenvalue weighted by molar-refractivity contribution is -0.117. The molecule has 1 saturated heterocycles. The first-order chi connectivity index (χ1) is 10.7. The number of aryl methyl sites for hydroxylation is 1. The monoisotopic (exact) mass is 298 g/mol. The number of aromatic nitrogens is 4. The standard InChI is InChI=1S/C15H18N6O/c1-19-9-12(8-17-19)21-7-6-20(10-14(21)22)13-4-5-16-15(18-13)11-2-3-11/h4-5,8-9,11H,2-3,6-7,10H2,1H3. The number of rotatable bonds is 3. The van der Waals surface area contributed by atoms with Crippen LogP contribution in [0.25, 0.3) is 0 Å². The van der Waals surface area contributed by atoms with E-state index in [0.29, 0.717) is 19.0 Å². The Bertz CT molecular complexity index is 708. The van der Waals surface area contributed by atoms with E-state index >= 15 is 0 Å². The fraction of sp³-hybridized carbons (Fsp3) is 0.467. The van der Waals surface area contributed by atoms with Crippen LogP contribution in [-0.2, 0) is 11.8 Å². The minimum Gasteiger partial charge on any atom is -0.345 e. The Morgan fingerprint density at radius 2 is 2.14 bits per heavy atom. The second kappa shape index (κ2) is 5.08. The second-order valence-electron chi connectivity index (χ2n) is 5.89. The molecule has 0 spiro atoms. The van der Waals surface area contributed by atoms with E-state index in [2.05, 4.69) is 15.1 Å². The maximum atomic E-state index is 12.4. The summed E-state index contributed by atoms with van der Waals surface area (Å²) in [6.07, 6.45) is 7.75. The van der Waals surface area contributed by atoms with Crippen molar-refractivity contribution in [2.45, 2.75) is 18.8 Å². The topological polar surface area (TPSA) is 67.2 Å². The van der Waals surface area contributed by atoms with Crippen molar-refractivity contribution in [3.63, 3.8) is 0 Å². The van der Waals surface area contributed by atoms with E-state index in [9.17, 15) is 4.79 Å². The van der Waals surface area contributed by atoms with Gasteiger partial charge in [0.05, 0.1) is 18.4 Å². The molecule has 1 saturated carbocycles. The van der Waals surface area contributed by atoms with Crippen LogP contribution < -0.4 is 9.80 Å². The molecule has 7 heteroatoms. The van der Waals surface area contributed by atoms with Crippen LogP contribution in [-0.4, -0.2) is 45.3 Å². The summed E-state index contributed by atoms with van der Waals surface area (Å²) in [6.45, 7) is 1.76. The van der Waals surface area contributed by atoms with Crippen LogP contribution in [0.2, 0.25) is 0 Å². The molecular formula is C15H18N6O. The molecule has 1 amide bonds. The highest BCUT2D eigenvalue weighted by Gasteiger charge is 2.29. The van der Waals surface area contributed by atoms with E-state index in [1.54, 1.807) is 22.0 Å². The normalized spacial score (nSPS) is 18.9. The third-order valence-corrected chi connectivity index (χ3v) is 4.15. The van der Waals surface area contributed by atoms with Crippen molar-refractivity contribution in [1.29, 1.82) is 0 Å². The van der Waals surface area contributed by atoms with Crippen molar-refractivity contribution in [3.8, 4) is 0 Å². The van der Waals surface area contributed by atoms with Gasteiger partial charge in [-0.15, -0.1) is 0 Å². The number of carbonyl (C=O) groups is 1. The largest absolute Gasteiger partial charge is 0.345 e. The zero-order valence-corrected chi connectivity index (χ0v) is 12.5. The van der Waals surface area contributed by atoms with Crippen molar-refractivity contribution < 1.29 is 4.79 Å². The molecule has 2 fully saturated rings. The van der Waals surface area contributed by atoms with Crippen LogP contribution in [0.1, 0.15) is 24.6 Å². The Hall–Kier alpha value is -2.44. The van der Waals surface area contributed by atoms with Gasteiger partial charge in [0.2, 0.25) is 5.91 Å². The number of amides is 1. The molecule has 0 N–H and O–H groups in total. The number of nitrogens with zero attached hydrogens (tertiary/aromatic N) is 6. The zero-order chi connectivity index (χ0) is 15.1. The number of piperazine rings is 1. The first-order valence-corrected chi connectivity index (χ1v) is 7.57. The fourth-order valence-electron chi connectivity index (χ4n) is 2.77. The van der Waals surface area contributed by atoms with Gasteiger partial charge in [-0.05, 0) is 18.9 Å². The van der Waals surface area contributed by atoms with E-state index in [-0.39, 0.29) is 5.91 Å². The molecule has 2 aromatic rings. The van der Waals surface area contributed by atoms with E-state index < -0.39 is 0 Å². The summed E-state index contributed by atoms with van der Waals surface area (Å²) in [7, 11) is 1.85. The smallest absolute Gasteiger partial charge is 0.246 e. The van der Waals surface area contributed by atoms with Crippen LogP contribution in [0.3, 0.4) is 0 Å². The summed E-state index contributed by atoms with van der Waals surface area (Å²) in [6, 6.07) is 1.89. The summed E-state index contributed by atoms with van der Waals surface area (Å²) in [5, 5.41) is 4.13. The highest BCUT2D eigenvalue weighted by molar-refractivity contribution is 5.97. The lowest BCUT2D eigenvalue weighted by Crippen LogP contribution is -2.50. The van der Waals surface area contributed by atoms with Crippen molar-refractivity contribution in [2.75, 3.05) is 29.4 Å². The Morgan fingerprint density at radius 1 is 1.27 bits per heavy atom. The predicted octanol–water partition coefficient (Wildman–Crippen LogP) is 0.941. The number of hydrogen-bond acceptors (Lipinski definition) is 5. The minimum absolute atomic E-state index is 0.0748. The van der Waals surface area contributed by atoms with Gasteiger partial charge in [-0.2, -0.15) is 5.10 Å². The molecule has 114 valence electrons. The average molecular weight is 298 g/mol. The molecule has 1 aliphatic carbocycles. The van der Waals surface area contributed by atoms with Gasteiger partial charge in [0.1, 0.15) is 11.6 Å². The Morgan fingerprint density at radius 3 is 2.82 bits per heavy atom. The zero-order valence-electron chi connectivity index (χ0n) is 12.5. The highest BCUT2D eigenvalue weighted by atomic mass is 16.2. The Balaban J connectivity index is 1.50. The van der Waals surface area contributed by atoms with Crippen LogP contribution >= 0.6 is 0 Å². The Kier molecular flexibility index (Phi) is 3.06. The van der Waals surface area contributed by atoms with Gasteiger partial charge >= 0.3 is 0 Å². The fourth-order valence-corrected chi connectivity index (χ4v) is 2.77. The van der Waals surface area contributed by atoms with Gasteiger partial charge < -0.3 is 9.80 Å². The summed E-state index contributed by atoms with van der Waals surface area (Å²) in [5.41, 5.74) is 0.855. The molecular weight excluding hydrogens is 280 g/mol. The van der Waals surface area contributed by atoms with Gasteiger partial charge in [-0.3, -0.25) is 9.48 Å². The van der Waals surface area contributed by atoms with Crippen LogP contribution in [0.15, 0.2) is 24.7 Å². The number of hydrogen-bond donors (Lipinski definition) is 0. The van der Waals surface area contributed by atoms with E-state index in [0.717, 1.165) is 23.9 Å². The maximum Gasteiger partial charge on any atom is 0.246 e. The first kappa shape index (κ1) is 13.2. The molecule has 1 aliphatic heterocycles. The SMILES string of the molecule is Cn1cc(N2CCN(c3ccnc(C4CC4)n3)CC2=O)cn1. The summed E-state index contributed by atoms with van der Waals surface area (Å²) in [4.78, 5) is 25.2. The molecule has 3 heterocycles. The third-order valence-electron chi connectivity index (χ3n) is 4.15. The van der Waals surface area contributed by atoms with Gasteiger partial charge in [0.25, 0.3) is 0 Å². The van der Waals surface area contributed by atoms with Gasteiger partial charge in [-0.25, -0.2) is 9.97 Å². The third kappa shape index (κ3) is 2.43. The summed E-state index contributed by atoms with van der Waals surface area (Å²) < 4.78 is 1.71. The van der Waals surface area contributed by atoms with Gasteiger partial charge in [0, 0.05) is 38.4 Å². The maximum absolute atomic E-state index is 12.4. The van der Waals surface area contributed by atoms with E-state index in [1.165, 1.54) is 12.8 Å². The van der Waals surface area contributed by atoms with Crippen LogP contribution in [0.5, 0.6) is 0 Å². The summed E-state index contributed by atoms with van der Waals surface area (Å²) >= 11 is 0. The van der Waals surface area contributed by atoms with E-state index in [4.69, 9.17) is 0 Å². The average Bonchev–Trinajstić information content (AvgIpc) is 3.30. The molecule has 0 atom stereocenters. The Labute approximate surface area is 128 Å². The first-order valence-electron chi connectivity index (χ1n) is 7.57. The van der Waals surface area contributed by atoms with Gasteiger partial charge in [-0.1, -0.05) is 0 Å². The van der Waals surface area contributed by atoms with Crippen molar-refractivity contribution in [1.82, 2.24) is 19.7 Å². The second-order valence-corrected chi connectivity index (χ2v) is 5.89. The highest BCUT2D eigenvalue weighted by Crippen LogP contribution is 2.38. The number of anilines is 2. The van der Waals surface area contributed by atoms with Gasteiger partial charge in [0.15, 0.2) is 0 Å². The van der Waals surface area contributed by atoms with Crippen LogP contribution in [0.4, 0.5) is 11.5 Å². The summed E-state index contributed by atoms with van der Waals surface area (Å²) in [5.74, 6) is 2.37. The molecule has 4 rings (SSSR count). The molecule has 7 nitrogen and oxygen atoms in total. The predicted molar refractivity (Wildman–Crippen MR) is 81.8 cm³/mol. The molecule has 22 heavy (non-hydrogen) atoms. The quantitative estimate of drug-likeness (QED) is 0.843. The molecule has 0 radical (unpaired) electrons. The molecule has 0 unspecified atom stereocenters. The molecule has 2 aromatic heterocycles. The van der Waals surface area contributed by atoms with Crippen molar-refractivity contribution in [3.05, 3.63) is 30.5 Å². The lowest BCUT2D eigenvalue weighted by Gasteiger charge is -2.34. The lowest BCUT2D eigenvalue weighted by atomic mass is 10.2. The van der Waals surface area contributed by atoms with E-state index in [1.807, 2.05) is 24.2 Å². The molecule has 0 aromatic carbocycles. The van der Waals surface area contributed by atoms with Crippen molar-refractivity contribution in [2.24, 2.45) is 7.05 Å². The van der Waals surface area contributed by atoms with Crippen LogP contribution in [0, 0.1) is 0 Å². The van der Waals surface area contributed by atoms with Crippen molar-refractivity contribution >= 4 is 17.4 Å². The number of carbonyl (C=O) groups excluding carboxylic acids is 1. The molecule has 0 bridgehead atoms.